The molecule has 0 fully saturated rings. The second kappa shape index (κ2) is 9.50. The molecule has 0 unspecified atom stereocenters. The number of amides is 1. The van der Waals surface area contributed by atoms with Gasteiger partial charge in [-0.05, 0) is 22.8 Å². The second-order valence-corrected chi connectivity index (χ2v) is 8.77. The number of sulfone groups is 1. The van der Waals surface area contributed by atoms with E-state index < -0.39 is 33.5 Å². The molecule has 0 spiro atoms. The Bertz CT molecular complexity index is 902. The number of nitrogens with one attached hydrogen (secondary N) is 1. The Hall–Kier alpha value is -2.41. The van der Waals surface area contributed by atoms with Crippen molar-refractivity contribution in [3.05, 3.63) is 48.0 Å². The predicted octanol–water partition coefficient (Wildman–Crippen LogP) is 3.08. The summed E-state index contributed by atoms with van der Waals surface area (Å²) in [4.78, 5) is 23.6. The van der Waals surface area contributed by atoms with Crippen LogP contribution in [0, 0.1) is 0 Å². The lowest BCUT2D eigenvalue weighted by molar-refractivity contribution is -0.137. The summed E-state index contributed by atoms with van der Waals surface area (Å²) in [5.41, 5.74) is 0.659. The number of aliphatic carboxylic acids is 1. The number of carboxylic acid groups (broad SMARTS) is 1. The smallest absolute Gasteiger partial charge is 0.305 e. The molecule has 7 heteroatoms. The first-order valence-corrected chi connectivity index (χ1v) is 10.8. The van der Waals surface area contributed by atoms with Crippen molar-refractivity contribution in [3.8, 4) is 0 Å². The number of carbonyl (C=O) groups is 2. The van der Waals surface area contributed by atoms with Gasteiger partial charge in [0.1, 0.15) is 5.75 Å². The van der Waals surface area contributed by atoms with E-state index in [1.807, 2.05) is 37.3 Å². The molecule has 27 heavy (non-hydrogen) atoms. The first kappa shape index (κ1) is 20.9. The number of hydrogen-bond acceptors (Lipinski definition) is 4. The predicted molar refractivity (Wildman–Crippen MR) is 105 cm³/mol. The third kappa shape index (κ3) is 6.36. The SMILES string of the molecule is CCCCCS(=O)(=O)CC(=O)N[C@H](CC(=O)O)c1cccc2ccccc12. The fourth-order valence-corrected chi connectivity index (χ4v) is 4.32. The molecule has 0 aliphatic rings. The fourth-order valence-electron chi connectivity index (χ4n) is 3.05. The maximum atomic E-state index is 12.3. The zero-order valence-corrected chi connectivity index (χ0v) is 16.2. The van der Waals surface area contributed by atoms with Crippen LogP contribution in [0.4, 0.5) is 0 Å². The van der Waals surface area contributed by atoms with Crippen LogP contribution in [0.25, 0.3) is 10.8 Å². The highest BCUT2D eigenvalue weighted by Crippen LogP contribution is 2.26. The summed E-state index contributed by atoms with van der Waals surface area (Å²) >= 11 is 0. The third-order valence-electron chi connectivity index (χ3n) is 4.32. The molecule has 2 aromatic rings. The number of fused-ring (bicyclic) bond motifs is 1. The summed E-state index contributed by atoms with van der Waals surface area (Å²) in [5, 5.41) is 13.6. The Morgan fingerprint density at radius 1 is 1.07 bits per heavy atom. The molecule has 0 heterocycles. The van der Waals surface area contributed by atoms with Gasteiger partial charge >= 0.3 is 5.97 Å². The zero-order valence-electron chi connectivity index (χ0n) is 15.3. The highest BCUT2D eigenvalue weighted by molar-refractivity contribution is 7.92. The molecule has 0 aromatic heterocycles. The van der Waals surface area contributed by atoms with Crippen molar-refractivity contribution in [2.24, 2.45) is 0 Å². The van der Waals surface area contributed by atoms with E-state index in [4.69, 9.17) is 0 Å². The Kier molecular flexibility index (Phi) is 7.36. The van der Waals surface area contributed by atoms with Crippen molar-refractivity contribution in [2.45, 2.75) is 38.6 Å². The van der Waals surface area contributed by atoms with Gasteiger partial charge in [-0.25, -0.2) is 8.42 Å². The molecular weight excluding hydrogens is 366 g/mol. The highest BCUT2D eigenvalue weighted by atomic mass is 32.2. The number of unbranched alkanes of at least 4 members (excludes halogenated alkanes) is 2. The number of rotatable bonds is 10. The summed E-state index contributed by atoms with van der Waals surface area (Å²) in [7, 11) is -3.51. The molecule has 0 aliphatic carbocycles. The third-order valence-corrected chi connectivity index (χ3v) is 5.94. The lowest BCUT2D eigenvalue weighted by atomic mass is 9.96. The van der Waals surface area contributed by atoms with Crippen LogP contribution in [0.15, 0.2) is 42.5 Å². The van der Waals surface area contributed by atoms with Crippen LogP contribution >= 0.6 is 0 Å². The van der Waals surface area contributed by atoms with E-state index in [9.17, 15) is 23.1 Å². The van der Waals surface area contributed by atoms with Gasteiger partial charge in [0.25, 0.3) is 0 Å². The Balaban J connectivity index is 2.19. The molecular formula is C20H25NO5S. The van der Waals surface area contributed by atoms with Crippen LogP contribution in [-0.2, 0) is 19.4 Å². The molecule has 2 aromatic carbocycles. The van der Waals surface area contributed by atoms with Gasteiger partial charge in [-0.2, -0.15) is 0 Å². The van der Waals surface area contributed by atoms with E-state index in [0.29, 0.717) is 12.0 Å². The van der Waals surface area contributed by atoms with Crippen LogP contribution in [0.2, 0.25) is 0 Å². The van der Waals surface area contributed by atoms with Gasteiger partial charge in [0.15, 0.2) is 9.84 Å². The van der Waals surface area contributed by atoms with Crippen molar-refractivity contribution in [2.75, 3.05) is 11.5 Å². The zero-order chi connectivity index (χ0) is 19.9. The lowest BCUT2D eigenvalue weighted by Crippen LogP contribution is -2.35. The van der Waals surface area contributed by atoms with E-state index in [-0.39, 0.29) is 12.2 Å². The van der Waals surface area contributed by atoms with Crippen LogP contribution in [0.1, 0.15) is 44.2 Å². The maximum absolute atomic E-state index is 12.3. The quantitative estimate of drug-likeness (QED) is 0.606. The van der Waals surface area contributed by atoms with E-state index in [1.165, 1.54) is 0 Å². The second-order valence-electron chi connectivity index (χ2n) is 6.59. The summed E-state index contributed by atoms with van der Waals surface area (Å²) < 4.78 is 24.2. The molecule has 1 amide bonds. The Morgan fingerprint density at radius 3 is 2.48 bits per heavy atom. The molecule has 0 bridgehead atoms. The van der Waals surface area contributed by atoms with Crippen molar-refractivity contribution >= 4 is 32.5 Å². The first-order chi connectivity index (χ1) is 12.8. The Morgan fingerprint density at radius 2 is 1.78 bits per heavy atom. The average Bonchev–Trinajstić information content (AvgIpc) is 2.60. The molecule has 0 aliphatic heterocycles. The molecule has 0 saturated heterocycles. The molecule has 2 rings (SSSR count). The molecule has 2 N–H and O–H groups in total. The van der Waals surface area contributed by atoms with Crippen LogP contribution in [0.3, 0.4) is 0 Å². The maximum Gasteiger partial charge on any atom is 0.305 e. The van der Waals surface area contributed by atoms with Crippen LogP contribution in [-0.4, -0.2) is 36.9 Å². The topological polar surface area (TPSA) is 101 Å². The van der Waals surface area contributed by atoms with Crippen molar-refractivity contribution < 1.29 is 23.1 Å². The molecule has 6 nitrogen and oxygen atoms in total. The summed E-state index contributed by atoms with van der Waals surface area (Å²) in [5.74, 6) is -2.41. The van der Waals surface area contributed by atoms with Crippen molar-refractivity contribution in [1.29, 1.82) is 0 Å². The lowest BCUT2D eigenvalue weighted by Gasteiger charge is -2.19. The van der Waals surface area contributed by atoms with E-state index in [1.54, 1.807) is 12.1 Å². The highest BCUT2D eigenvalue weighted by Gasteiger charge is 2.23. The van der Waals surface area contributed by atoms with Crippen LogP contribution < -0.4 is 5.32 Å². The Labute approximate surface area is 159 Å². The molecule has 0 radical (unpaired) electrons. The monoisotopic (exact) mass is 391 g/mol. The van der Waals surface area contributed by atoms with Gasteiger partial charge in [0.05, 0.1) is 18.2 Å². The van der Waals surface area contributed by atoms with Gasteiger partial charge in [-0.15, -0.1) is 0 Å². The fraction of sp³-hybridized carbons (Fsp3) is 0.400. The minimum atomic E-state index is -3.51. The number of carbonyl (C=O) groups excluding carboxylic acids is 1. The molecule has 146 valence electrons. The molecule has 0 saturated carbocycles. The van der Waals surface area contributed by atoms with Gasteiger partial charge in [-0.1, -0.05) is 62.2 Å². The largest absolute Gasteiger partial charge is 0.481 e. The van der Waals surface area contributed by atoms with E-state index in [2.05, 4.69) is 5.32 Å². The van der Waals surface area contributed by atoms with Gasteiger partial charge in [0.2, 0.25) is 5.91 Å². The van der Waals surface area contributed by atoms with Gasteiger partial charge < -0.3 is 10.4 Å². The summed E-state index contributed by atoms with van der Waals surface area (Å²) in [6.07, 6.45) is 1.88. The van der Waals surface area contributed by atoms with Crippen molar-refractivity contribution in [1.82, 2.24) is 5.32 Å². The number of carboxylic acids is 1. The number of benzene rings is 2. The average molecular weight is 391 g/mol. The normalized spacial score (nSPS) is 12.6. The van der Waals surface area contributed by atoms with E-state index >= 15 is 0 Å². The van der Waals surface area contributed by atoms with Crippen LogP contribution in [0.5, 0.6) is 0 Å². The minimum absolute atomic E-state index is 0.0356. The summed E-state index contributed by atoms with van der Waals surface area (Å²) in [6.45, 7) is 1.97. The summed E-state index contributed by atoms with van der Waals surface area (Å²) in [6, 6.07) is 12.1. The van der Waals surface area contributed by atoms with E-state index in [0.717, 1.165) is 23.6 Å². The minimum Gasteiger partial charge on any atom is -0.481 e. The first-order valence-electron chi connectivity index (χ1n) is 9.01. The molecule has 1 atom stereocenters. The standard InChI is InChI=1S/C20H25NO5S/c1-2-3-6-12-27(25,26)14-19(22)21-18(13-20(23)24)17-11-7-9-15-8-4-5-10-16(15)17/h4-5,7-11,18H,2-3,6,12-14H2,1H3,(H,21,22)(H,23,24)/t18-/m1/s1. The van der Waals surface area contributed by atoms with Gasteiger partial charge in [0, 0.05) is 0 Å². The van der Waals surface area contributed by atoms with Crippen molar-refractivity contribution in [3.63, 3.8) is 0 Å². The number of hydrogen-bond donors (Lipinski definition) is 2. The van der Waals surface area contributed by atoms with Gasteiger partial charge in [-0.3, -0.25) is 9.59 Å².